The van der Waals surface area contributed by atoms with Gasteiger partial charge in [-0.25, -0.2) is 0 Å². The minimum atomic E-state index is 0.431. The molecule has 0 amide bonds. The second-order valence-electron chi connectivity index (χ2n) is 2.57. The van der Waals surface area contributed by atoms with E-state index in [1.165, 1.54) is 23.6 Å². The summed E-state index contributed by atoms with van der Waals surface area (Å²) in [5, 5.41) is 1.12. The van der Waals surface area contributed by atoms with Crippen molar-refractivity contribution in [2.75, 3.05) is 0 Å². The quantitative estimate of drug-likeness (QED) is 0.505. The average Bonchev–Trinajstić information content (AvgIpc) is 2.35. The lowest BCUT2D eigenvalue weighted by Crippen LogP contribution is -2.09. The van der Waals surface area contributed by atoms with E-state index >= 15 is 0 Å². The third kappa shape index (κ3) is 0.905. The zero-order valence-corrected chi connectivity index (χ0v) is 6.63. The SMILES string of the molecule is O=C1SS[C@H]2CCC[C@@H]12. The molecule has 1 heterocycles. The Labute approximate surface area is 62.4 Å². The minimum absolute atomic E-state index is 0.431. The van der Waals surface area contributed by atoms with Gasteiger partial charge in [-0.2, -0.15) is 0 Å². The van der Waals surface area contributed by atoms with Crippen LogP contribution in [0, 0.1) is 5.92 Å². The van der Waals surface area contributed by atoms with Crippen molar-refractivity contribution < 1.29 is 4.79 Å². The van der Waals surface area contributed by atoms with Crippen LogP contribution in [0.2, 0.25) is 0 Å². The van der Waals surface area contributed by atoms with Crippen LogP contribution in [0.4, 0.5) is 0 Å². The molecule has 1 nitrogen and oxygen atoms in total. The summed E-state index contributed by atoms with van der Waals surface area (Å²) in [7, 11) is 3.26. The van der Waals surface area contributed by atoms with Crippen molar-refractivity contribution in [3.63, 3.8) is 0 Å². The van der Waals surface area contributed by atoms with Gasteiger partial charge in [0.1, 0.15) is 0 Å². The van der Waals surface area contributed by atoms with Crippen LogP contribution >= 0.6 is 21.6 Å². The van der Waals surface area contributed by atoms with Gasteiger partial charge in [0.2, 0.25) is 5.12 Å². The topological polar surface area (TPSA) is 17.1 Å². The number of carbonyl (C=O) groups is 1. The maximum Gasteiger partial charge on any atom is 0.203 e. The van der Waals surface area contributed by atoms with E-state index in [1.807, 2.05) is 0 Å². The molecule has 2 rings (SSSR count). The Bertz CT molecular complexity index is 146. The smallest absolute Gasteiger partial charge is 0.203 e. The van der Waals surface area contributed by atoms with Crippen LogP contribution in [0.3, 0.4) is 0 Å². The van der Waals surface area contributed by atoms with Gasteiger partial charge < -0.3 is 0 Å². The summed E-state index contributed by atoms with van der Waals surface area (Å²) in [4.78, 5) is 11.0. The zero-order valence-electron chi connectivity index (χ0n) is 5.00. The monoisotopic (exact) mass is 160 g/mol. The second-order valence-corrected chi connectivity index (χ2v) is 5.02. The Morgan fingerprint density at radius 2 is 2.33 bits per heavy atom. The molecule has 3 heteroatoms. The second kappa shape index (κ2) is 2.20. The van der Waals surface area contributed by atoms with Crippen molar-refractivity contribution in [3.05, 3.63) is 0 Å². The highest BCUT2D eigenvalue weighted by atomic mass is 33.1. The first kappa shape index (κ1) is 6.10. The molecule has 0 aromatic rings. The number of hydrogen-bond donors (Lipinski definition) is 0. The molecule has 0 aromatic heterocycles. The number of carbonyl (C=O) groups excluding carboxylic acids is 1. The molecule has 0 spiro atoms. The molecule has 1 saturated carbocycles. The van der Waals surface area contributed by atoms with Crippen LogP contribution in [0.15, 0.2) is 0 Å². The van der Waals surface area contributed by atoms with Gasteiger partial charge in [0.25, 0.3) is 0 Å². The predicted molar refractivity (Wildman–Crippen MR) is 41.3 cm³/mol. The van der Waals surface area contributed by atoms with Crippen LogP contribution in [0.25, 0.3) is 0 Å². The molecule has 0 unspecified atom stereocenters. The lowest BCUT2D eigenvalue weighted by Gasteiger charge is -2.00. The van der Waals surface area contributed by atoms with E-state index in [2.05, 4.69) is 0 Å². The van der Waals surface area contributed by atoms with Crippen molar-refractivity contribution in [2.24, 2.45) is 5.92 Å². The fourth-order valence-electron chi connectivity index (χ4n) is 1.48. The van der Waals surface area contributed by atoms with Crippen molar-refractivity contribution in [1.29, 1.82) is 0 Å². The summed E-state index contributed by atoms with van der Waals surface area (Å²) in [6.07, 6.45) is 3.70. The lowest BCUT2D eigenvalue weighted by molar-refractivity contribution is -0.113. The van der Waals surface area contributed by atoms with Gasteiger partial charge >= 0.3 is 0 Å². The summed E-state index contributed by atoms with van der Waals surface area (Å²) in [6.45, 7) is 0. The van der Waals surface area contributed by atoms with Crippen LogP contribution in [0.5, 0.6) is 0 Å². The highest BCUT2D eigenvalue weighted by Gasteiger charge is 2.39. The Balaban J connectivity index is 2.15. The third-order valence-electron chi connectivity index (χ3n) is 2.01. The third-order valence-corrected chi connectivity index (χ3v) is 4.91. The molecule has 2 aliphatic rings. The Morgan fingerprint density at radius 1 is 1.44 bits per heavy atom. The van der Waals surface area contributed by atoms with Gasteiger partial charge in [0, 0.05) is 11.2 Å². The number of fused-ring (bicyclic) bond motifs is 1. The van der Waals surface area contributed by atoms with E-state index in [9.17, 15) is 4.79 Å². The first-order valence-electron chi connectivity index (χ1n) is 3.25. The highest BCUT2D eigenvalue weighted by Crippen LogP contribution is 2.50. The first-order valence-corrected chi connectivity index (χ1v) is 5.46. The van der Waals surface area contributed by atoms with Crippen molar-refractivity contribution in [2.45, 2.75) is 24.5 Å². The molecule has 1 saturated heterocycles. The zero-order chi connectivity index (χ0) is 6.27. The van der Waals surface area contributed by atoms with Gasteiger partial charge in [0.15, 0.2) is 0 Å². The molecule has 2 atom stereocenters. The van der Waals surface area contributed by atoms with Gasteiger partial charge in [-0.15, -0.1) is 0 Å². The average molecular weight is 160 g/mol. The number of hydrogen-bond acceptors (Lipinski definition) is 3. The van der Waals surface area contributed by atoms with E-state index in [4.69, 9.17) is 0 Å². The molecule has 0 N–H and O–H groups in total. The molecule has 0 bridgehead atoms. The normalized spacial score (nSPS) is 41.6. The molecular formula is C6H8OS2. The summed E-state index contributed by atoms with van der Waals surface area (Å²) in [6, 6.07) is 0. The largest absolute Gasteiger partial charge is 0.286 e. The molecule has 0 radical (unpaired) electrons. The highest BCUT2D eigenvalue weighted by molar-refractivity contribution is 8.83. The fourth-order valence-corrected chi connectivity index (χ4v) is 4.57. The van der Waals surface area contributed by atoms with E-state index in [1.54, 1.807) is 10.8 Å². The van der Waals surface area contributed by atoms with E-state index < -0.39 is 0 Å². The molecule has 1 aliphatic heterocycles. The van der Waals surface area contributed by atoms with Crippen LogP contribution in [0.1, 0.15) is 19.3 Å². The van der Waals surface area contributed by atoms with Gasteiger partial charge in [-0.05, 0) is 23.6 Å². The predicted octanol–water partition coefficient (Wildman–Crippen LogP) is 2.08. The standard InChI is InChI=1S/C6H8OS2/c7-6-4-2-1-3-5(4)8-9-6/h4-5H,1-3H2/t4-,5+/m1/s1. The van der Waals surface area contributed by atoms with Crippen molar-refractivity contribution in [1.82, 2.24) is 0 Å². The van der Waals surface area contributed by atoms with E-state index in [0.717, 1.165) is 6.42 Å². The van der Waals surface area contributed by atoms with Crippen molar-refractivity contribution >= 4 is 26.7 Å². The molecule has 0 aromatic carbocycles. The summed E-state index contributed by atoms with van der Waals surface area (Å²) < 4.78 is 0. The van der Waals surface area contributed by atoms with Gasteiger partial charge in [-0.3, -0.25) is 4.79 Å². The molecule has 50 valence electrons. The van der Waals surface area contributed by atoms with Crippen LogP contribution in [-0.2, 0) is 4.79 Å². The van der Waals surface area contributed by atoms with E-state index in [0.29, 0.717) is 16.3 Å². The van der Waals surface area contributed by atoms with Gasteiger partial charge in [-0.1, -0.05) is 17.2 Å². The van der Waals surface area contributed by atoms with Gasteiger partial charge in [0.05, 0.1) is 0 Å². The summed E-state index contributed by atoms with van der Waals surface area (Å²) in [5.74, 6) is 0.431. The Morgan fingerprint density at radius 3 is 3.11 bits per heavy atom. The maximum absolute atomic E-state index is 11.0. The van der Waals surface area contributed by atoms with Crippen LogP contribution < -0.4 is 0 Å². The summed E-state index contributed by atoms with van der Waals surface area (Å²) in [5.41, 5.74) is 0. The molecule has 2 fully saturated rings. The fraction of sp³-hybridized carbons (Fsp3) is 0.833. The number of rotatable bonds is 0. The van der Waals surface area contributed by atoms with Crippen LogP contribution in [-0.4, -0.2) is 10.4 Å². The maximum atomic E-state index is 11.0. The summed E-state index contributed by atoms with van der Waals surface area (Å²) >= 11 is 0. The molecular weight excluding hydrogens is 152 g/mol. The lowest BCUT2D eigenvalue weighted by atomic mass is 10.1. The van der Waals surface area contributed by atoms with E-state index in [-0.39, 0.29) is 0 Å². The minimum Gasteiger partial charge on any atom is -0.286 e. The molecule has 1 aliphatic carbocycles. The first-order chi connectivity index (χ1) is 4.38. The molecule has 9 heavy (non-hydrogen) atoms. The van der Waals surface area contributed by atoms with Crippen molar-refractivity contribution in [3.8, 4) is 0 Å². The Hall–Kier alpha value is 0.370. The Kier molecular flexibility index (Phi) is 1.49.